The van der Waals surface area contributed by atoms with E-state index in [0.717, 1.165) is 12.1 Å². The van der Waals surface area contributed by atoms with Gasteiger partial charge in [-0.3, -0.25) is 9.59 Å². The first-order valence-electron chi connectivity index (χ1n) is 6.82. The fraction of sp³-hybridized carbons (Fsp3) is 0.467. The number of rotatable bonds is 5. The number of hydrogen-bond acceptors (Lipinski definition) is 3. The highest BCUT2D eigenvalue weighted by Crippen LogP contribution is 2.31. The van der Waals surface area contributed by atoms with Crippen LogP contribution in [0, 0.1) is 17.0 Å². The van der Waals surface area contributed by atoms with E-state index in [1.54, 1.807) is 0 Å². The highest BCUT2D eigenvalue weighted by Gasteiger charge is 2.46. The molecule has 1 unspecified atom stereocenters. The first kappa shape index (κ1) is 16.4. The van der Waals surface area contributed by atoms with Crippen molar-refractivity contribution in [2.24, 2.45) is 5.41 Å². The molecule has 0 aliphatic carbocycles. The molecule has 1 N–H and O–H groups in total. The third-order valence-corrected chi connectivity index (χ3v) is 3.97. The molecule has 0 radical (unpaired) electrons. The Bertz CT molecular complexity index is 573. The SMILES string of the molecule is COCC1(C(=O)O)CCN(C(=O)Cc2c(F)cccc2F)C1. The number of carbonyl (C=O) groups excluding carboxylic acids is 1. The van der Waals surface area contributed by atoms with Gasteiger partial charge in [-0.2, -0.15) is 0 Å². The summed E-state index contributed by atoms with van der Waals surface area (Å²) in [6, 6.07) is 3.40. The van der Waals surface area contributed by atoms with Crippen molar-refractivity contribution >= 4 is 11.9 Å². The number of methoxy groups -OCH3 is 1. The van der Waals surface area contributed by atoms with Crippen LogP contribution in [0.4, 0.5) is 8.78 Å². The number of hydrogen-bond donors (Lipinski definition) is 1. The lowest BCUT2D eigenvalue weighted by molar-refractivity contribution is -0.151. The van der Waals surface area contributed by atoms with Gasteiger partial charge in [0.1, 0.15) is 17.0 Å². The van der Waals surface area contributed by atoms with Crippen LogP contribution in [0.3, 0.4) is 0 Å². The van der Waals surface area contributed by atoms with Gasteiger partial charge in [-0.05, 0) is 18.6 Å². The Morgan fingerprint density at radius 2 is 2.00 bits per heavy atom. The van der Waals surface area contributed by atoms with Crippen LogP contribution in [0.5, 0.6) is 0 Å². The summed E-state index contributed by atoms with van der Waals surface area (Å²) in [5.74, 6) is -3.10. The quantitative estimate of drug-likeness (QED) is 0.893. The second-order valence-electron chi connectivity index (χ2n) is 5.46. The fourth-order valence-electron chi connectivity index (χ4n) is 2.68. The molecule has 1 aliphatic rings. The van der Waals surface area contributed by atoms with Gasteiger partial charge in [0.15, 0.2) is 0 Å². The van der Waals surface area contributed by atoms with Crippen molar-refractivity contribution in [3.63, 3.8) is 0 Å². The third-order valence-electron chi connectivity index (χ3n) is 3.97. The number of carbonyl (C=O) groups is 2. The number of carboxylic acid groups (broad SMARTS) is 1. The predicted octanol–water partition coefficient (Wildman–Crippen LogP) is 1.46. The molecule has 5 nitrogen and oxygen atoms in total. The number of carboxylic acids is 1. The number of halogens is 2. The molecule has 1 atom stereocenters. The fourth-order valence-corrected chi connectivity index (χ4v) is 2.68. The zero-order valence-electron chi connectivity index (χ0n) is 12.1. The van der Waals surface area contributed by atoms with Gasteiger partial charge < -0.3 is 14.7 Å². The summed E-state index contributed by atoms with van der Waals surface area (Å²) >= 11 is 0. The zero-order valence-corrected chi connectivity index (χ0v) is 12.1. The lowest BCUT2D eigenvalue weighted by Gasteiger charge is -2.23. The topological polar surface area (TPSA) is 66.8 Å². The molecule has 120 valence electrons. The van der Waals surface area contributed by atoms with E-state index in [4.69, 9.17) is 4.74 Å². The average molecular weight is 313 g/mol. The normalized spacial score (nSPS) is 21.1. The first-order valence-corrected chi connectivity index (χ1v) is 6.82. The number of aliphatic carboxylic acids is 1. The van der Waals surface area contributed by atoms with Crippen molar-refractivity contribution in [2.45, 2.75) is 12.8 Å². The Morgan fingerprint density at radius 1 is 1.36 bits per heavy atom. The molecule has 0 aromatic heterocycles. The van der Waals surface area contributed by atoms with Crippen molar-refractivity contribution in [1.29, 1.82) is 0 Å². The van der Waals surface area contributed by atoms with E-state index in [0.29, 0.717) is 0 Å². The molecule has 7 heteroatoms. The van der Waals surface area contributed by atoms with Crippen LogP contribution in [-0.2, 0) is 20.7 Å². The molecule has 1 aromatic carbocycles. The molecule has 1 aromatic rings. The molecule has 0 bridgehead atoms. The largest absolute Gasteiger partial charge is 0.481 e. The van der Waals surface area contributed by atoms with Crippen LogP contribution in [0.25, 0.3) is 0 Å². The Labute approximate surface area is 126 Å². The lowest BCUT2D eigenvalue weighted by Crippen LogP contribution is -2.40. The van der Waals surface area contributed by atoms with Crippen LogP contribution in [0.15, 0.2) is 18.2 Å². The average Bonchev–Trinajstić information content (AvgIpc) is 2.89. The first-order chi connectivity index (χ1) is 10.4. The van der Waals surface area contributed by atoms with E-state index >= 15 is 0 Å². The van der Waals surface area contributed by atoms with Crippen molar-refractivity contribution < 1.29 is 28.2 Å². The minimum absolute atomic E-state index is 0.0137. The molecule has 1 heterocycles. The number of amides is 1. The summed E-state index contributed by atoms with van der Waals surface area (Å²) in [6.07, 6.45) is -0.178. The minimum atomic E-state index is -1.15. The smallest absolute Gasteiger partial charge is 0.313 e. The molecule has 22 heavy (non-hydrogen) atoms. The summed E-state index contributed by atoms with van der Waals surface area (Å²) in [7, 11) is 1.39. The number of nitrogens with zero attached hydrogens (tertiary/aromatic N) is 1. The van der Waals surface area contributed by atoms with Gasteiger partial charge in [0.25, 0.3) is 0 Å². The Morgan fingerprint density at radius 3 is 2.55 bits per heavy atom. The second kappa shape index (κ2) is 6.39. The van der Waals surface area contributed by atoms with E-state index in [-0.39, 0.29) is 31.7 Å². The van der Waals surface area contributed by atoms with E-state index in [2.05, 4.69) is 0 Å². The molecule has 0 saturated carbocycles. The van der Waals surface area contributed by atoms with E-state index < -0.39 is 35.3 Å². The zero-order chi connectivity index (χ0) is 16.3. The molecule has 1 saturated heterocycles. The lowest BCUT2D eigenvalue weighted by atomic mass is 9.88. The van der Waals surface area contributed by atoms with Crippen LogP contribution < -0.4 is 0 Å². The Balaban J connectivity index is 2.10. The summed E-state index contributed by atoms with van der Waals surface area (Å²) in [6.45, 7) is 0.190. The monoisotopic (exact) mass is 313 g/mol. The molecule has 1 amide bonds. The van der Waals surface area contributed by atoms with Crippen LogP contribution >= 0.6 is 0 Å². The Hall–Kier alpha value is -2.02. The molecule has 1 fully saturated rings. The van der Waals surface area contributed by atoms with Crippen LogP contribution in [0.1, 0.15) is 12.0 Å². The summed E-state index contributed by atoms with van der Waals surface area (Å²) in [5.41, 5.74) is -1.45. The maximum absolute atomic E-state index is 13.6. The van der Waals surface area contributed by atoms with Crippen molar-refractivity contribution in [3.8, 4) is 0 Å². The van der Waals surface area contributed by atoms with Crippen LogP contribution in [0.2, 0.25) is 0 Å². The third kappa shape index (κ3) is 3.09. The minimum Gasteiger partial charge on any atom is -0.481 e. The highest BCUT2D eigenvalue weighted by molar-refractivity contribution is 5.82. The molecule has 0 spiro atoms. The highest BCUT2D eigenvalue weighted by atomic mass is 19.1. The van der Waals surface area contributed by atoms with E-state index in [1.165, 1.54) is 18.1 Å². The molecule has 2 rings (SSSR count). The van der Waals surface area contributed by atoms with Crippen LogP contribution in [-0.4, -0.2) is 48.7 Å². The van der Waals surface area contributed by atoms with Crippen molar-refractivity contribution in [1.82, 2.24) is 4.90 Å². The van der Waals surface area contributed by atoms with E-state index in [9.17, 15) is 23.5 Å². The molecular weight excluding hydrogens is 296 g/mol. The molecular formula is C15H17F2NO4. The van der Waals surface area contributed by atoms with Gasteiger partial charge in [-0.1, -0.05) is 6.07 Å². The van der Waals surface area contributed by atoms with Gasteiger partial charge in [0, 0.05) is 25.8 Å². The number of likely N-dealkylation sites (tertiary alicyclic amines) is 1. The summed E-state index contributed by atoms with van der Waals surface area (Å²) in [5, 5.41) is 9.33. The van der Waals surface area contributed by atoms with Crippen molar-refractivity contribution in [2.75, 3.05) is 26.8 Å². The van der Waals surface area contributed by atoms with Gasteiger partial charge in [-0.15, -0.1) is 0 Å². The van der Waals surface area contributed by atoms with Gasteiger partial charge in [0.2, 0.25) is 5.91 Å². The van der Waals surface area contributed by atoms with Gasteiger partial charge in [0.05, 0.1) is 13.0 Å². The Kier molecular flexibility index (Phi) is 4.75. The predicted molar refractivity (Wildman–Crippen MR) is 73.2 cm³/mol. The van der Waals surface area contributed by atoms with Gasteiger partial charge in [-0.25, -0.2) is 8.78 Å². The maximum Gasteiger partial charge on any atom is 0.313 e. The maximum atomic E-state index is 13.6. The second-order valence-corrected chi connectivity index (χ2v) is 5.46. The standard InChI is InChI=1S/C15H17F2NO4/c1-22-9-15(14(20)21)5-6-18(8-15)13(19)7-10-11(16)3-2-4-12(10)17/h2-4H,5-9H2,1H3,(H,20,21). The number of benzene rings is 1. The summed E-state index contributed by atoms with van der Waals surface area (Å²) < 4.78 is 32.1. The number of ether oxygens (including phenoxy) is 1. The molecule has 1 aliphatic heterocycles. The summed E-state index contributed by atoms with van der Waals surface area (Å²) in [4.78, 5) is 24.9. The van der Waals surface area contributed by atoms with E-state index in [1.807, 2.05) is 0 Å². The van der Waals surface area contributed by atoms with Crippen molar-refractivity contribution in [3.05, 3.63) is 35.4 Å². The van der Waals surface area contributed by atoms with Gasteiger partial charge >= 0.3 is 5.97 Å².